The van der Waals surface area contributed by atoms with Crippen LogP contribution in [0.5, 0.6) is 0 Å². The second-order valence-electron chi connectivity index (χ2n) is 8.56. The van der Waals surface area contributed by atoms with Crippen molar-refractivity contribution >= 4 is 0 Å². The molecule has 23 heavy (non-hydrogen) atoms. The maximum Gasteiger partial charge on any atom is 0.173 e. The van der Waals surface area contributed by atoms with Crippen LogP contribution in [0.25, 0.3) is 0 Å². The predicted molar refractivity (Wildman–Crippen MR) is 91.5 cm³/mol. The summed E-state index contributed by atoms with van der Waals surface area (Å²) in [6.07, 6.45) is 0. The van der Waals surface area contributed by atoms with E-state index in [0.29, 0.717) is 19.1 Å². The summed E-state index contributed by atoms with van der Waals surface area (Å²) in [6.45, 7) is 15.9. The first-order chi connectivity index (χ1) is 10.5. The third-order valence-electron chi connectivity index (χ3n) is 6.56. The van der Waals surface area contributed by atoms with Gasteiger partial charge in [0.15, 0.2) is 5.79 Å². The molecule has 1 fully saturated rings. The van der Waals surface area contributed by atoms with Crippen molar-refractivity contribution in [2.45, 2.75) is 71.2 Å². The minimum Gasteiger partial charge on any atom is -0.383 e. The van der Waals surface area contributed by atoms with Crippen LogP contribution in [0.15, 0.2) is 18.2 Å². The minimum atomic E-state index is -0.996. The van der Waals surface area contributed by atoms with E-state index in [4.69, 9.17) is 9.47 Å². The quantitative estimate of drug-likeness (QED) is 0.913. The number of hydrogen-bond acceptors (Lipinski definition) is 3. The fraction of sp³-hybridized carbons (Fsp3) is 0.700. The zero-order chi connectivity index (χ0) is 17.3. The van der Waals surface area contributed by atoms with Crippen molar-refractivity contribution in [3.05, 3.63) is 34.9 Å². The number of benzene rings is 1. The first-order valence-corrected chi connectivity index (χ1v) is 8.64. The van der Waals surface area contributed by atoms with Crippen LogP contribution in [0.4, 0.5) is 0 Å². The van der Waals surface area contributed by atoms with Gasteiger partial charge in [-0.3, -0.25) is 0 Å². The summed E-state index contributed by atoms with van der Waals surface area (Å²) < 4.78 is 11.8. The zero-order valence-corrected chi connectivity index (χ0v) is 15.5. The minimum absolute atomic E-state index is 0.352. The van der Waals surface area contributed by atoms with E-state index in [-0.39, 0.29) is 5.41 Å². The molecule has 0 spiro atoms. The summed E-state index contributed by atoms with van der Waals surface area (Å²) in [5.41, 5.74) is 1.64. The lowest BCUT2D eigenvalue weighted by Crippen LogP contribution is -2.68. The van der Waals surface area contributed by atoms with Crippen LogP contribution in [0.2, 0.25) is 0 Å². The molecule has 3 rings (SSSR count). The largest absolute Gasteiger partial charge is 0.383 e. The molecule has 0 radical (unpaired) electrons. The van der Waals surface area contributed by atoms with Crippen LogP contribution in [0.3, 0.4) is 0 Å². The summed E-state index contributed by atoms with van der Waals surface area (Å²) in [4.78, 5) is 0. The van der Waals surface area contributed by atoms with E-state index in [1.165, 1.54) is 11.1 Å². The Bertz CT molecular complexity index is 624. The predicted octanol–water partition coefficient (Wildman–Crippen LogP) is 4.08. The van der Waals surface area contributed by atoms with E-state index >= 15 is 0 Å². The molecule has 1 aliphatic heterocycles. The van der Waals surface area contributed by atoms with Gasteiger partial charge in [0, 0.05) is 5.41 Å². The van der Waals surface area contributed by atoms with Crippen molar-refractivity contribution in [1.29, 1.82) is 0 Å². The molecule has 2 aliphatic rings. The Morgan fingerprint density at radius 1 is 1.04 bits per heavy atom. The van der Waals surface area contributed by atoms with E-state index in [1.54, 1.807) is 0 Å². The van der Waals surface area contributed by atoms with Crippen molar-refractivity contribution in [2.24, 2.45) is 5.41 Å². The molecular formula is C20H30O3. The van der Waals surface area contributed by atoms with Crippen molar-refractivity contribution in [2.75, 3.05) is 13.2 Å². The van der Waals surface area contributed by atoms with Gasteiger partial charge in [-0.1, -0.05) is 59.7 Å². The van der Waals surface area contributed by atoms with Gasteiger partial charge in [-0.15, -0.1) is 0 Å². The normalized spacial score (nSPS) is 28.6. The molecule has 3 heteroatoms. The molecular weight excluding hydrogens is 288 g/mol. The molecule has 1 N–H and O–H groups in total. The fourth-order valence-electron chi connectivity index (χ4n) is 4.54. The SMILES string of the molecule is CC(C)c1ccc2c(c1)C(C)(C)[C@]2(O)C(C)(C)C1(C)OCCO1. The van der Waals surface area contributed by atoms with Crippen molar-refractivity contribution in [1.82, 2.24) is 0 Å². The van der Waals surface area contributed by atoms with Crippen LogP contribution >= 0.6 is 0 Å². The third kappa shape index (κ3) is 1.87. The Kier molecular flexibility index (Phi) is 3.54. The highest BCUT2D eigenvalue weighted by atomic mass is 16.7. The molecule has 128 valence electrons. The number of hydrogen-bond donors (Lipinski definition) is 1. The summed E-state index contributed by atoms with van der Waals surface area (Å²) >= 11 is 0. The number of ether oxygens (including phenoxy) is 2. The third-order valence-corrected chi connectivity index (χ3v) is 6.56. The van der Waals surface area contributed by atoms with Crippen molar-refractivity contribution in [3.63, 3.8) is 0 Å². The second kappa shape index (κ2) is 4.81. The number of rotatable bonds is 3. The molecule has 0 amide bonds. The first-order valence-electron chi connectivity index (χ1n) is 8.64. The fourth-order valence-corrected chi connectivity index (χ4v) is 4.54. The first kappa shape index (κ1) is 16.9. The monoisotopic (exact) mass is 318 g/mol. The summed E-state index contributed by atoms with van der Waals surface area (Å²) in [5.74, 6) is -0.301. The highest BCUT2D eigenvalue weighted by Gasteiger charge is 2.70. The van der Waals surface area contributed by atoms with E-state index in [9.17, 15) is 5.11 Å². The second-order valence-corrected chi connectivity index (χ2v) is 8.56. The standard InChI is InChI=1S/C20H30O3/c1-13(2)14-8-9-15-16(12-14)17(3,4)20(15,21)18(5,6)19(7)22-10-11-23-19/h8-9,12-13,21H,10-11H2,1-7H3/t20-/m0/s1. The van der Waals surface area contributed by atoms with E-state index in [0.717, 1.165) is 5.56 Å². The molecule has 1 aromatic carbocycles. The highest BCUT2D eigenvalue weighted by Crippen LogP contribution is 2.66. The lowest BCUT2D eigenvalue weighted by molar-refractivity contribution is -0.297. The molecule has 1 atom stereocenters. The van der Waals surface area contributed by atoms with Crippen molar-refractivity contribution < 1.29 is 14.6 Å². The van der Waals surface area contributed by atoms with Gasteiger partial charge in [0.25, 0.3) is 0 Å². The Morgan fingerprint density at radius 3 is 2.13 bits per heavy atom. The van der Waals surface area contributed by atoms with Crippen LogP contribution in [0, 0.1) is 5.41 Å². The van der Waals surface area contributed by atoms with E-state index in [1.807, 2.05) is 6.92 Å². The van der Waals surface area contributed by atoms with Gasteiger partial charge in [0.2, 0.25) is 0 Å². The summed E-state index contributed by atoms with van der Waals surface area (Å²) in [6, 6.07) is 6.48. The number of aliphatic hydroxyl groups is 1. The van der Waals surface area contributed by atoms with Gasteiger partial charge >= 0.3 is 0 Å². The van der Waals surface area contributed by atoms with Gasteiger partial charge in [-0.05, 0) is 29.5 Å². The number of fused-ring (bicyclic) bond motifs is 1. The smallest absolute Gasteiger partial charge is 0.173 e. The topological polar surface area (TPSA) is 38.7 Å². The molecule has 3 nitrogen and oxygen atoms in total. The van der Waals surface area contributed by atoms with Gasteiger partial charge < -0.3 is 14.6 Å². The maximum absolute atomic E-state index is 11.8. The highest BCUT2D eigenvalue weighted by molar-refractivity contribution is 5.55. The Balaban J connectivity index is 2.12. The van der Waals surface area contributed by atoms with Gasteiger partial charge in [0.05, 0.1) is 18.6 Å². The molecule has 0 saturated carbocycles. The van der Waals surface area contributed by atoms with Crippen LogP contribution in [-0.2, 0) is 20.5 Å². The summed E-state index contributed by atoms with van der Waals surface area (Å²) in [7, 11) is 0. The van der Waals surface area contributed by atoms with E-state index < -0.39 is 16.8 Å². The van der Waals surface area contributed by atoms with Crippen LogP contribution < -0.4 is 0 Å². The van der Waals surface area contributed by atoms with Crippen LogP contribution in [-0.4, -0.2) is 24.1 Å². The molecule has 1 aromatic rings. The maximum atomic E-state index is 11.8. The average Bonchev–Trinajstić information content (AvgIpc) is 2.94. The Morgan fingerprint density at radius 2 is 1.61 bits per heavy atom. The molecule has 1 heterocycles. The lowest BCUT2D eigenvalue weighted by atomic mass is 9.45. The average molecular weight is 318 g/mol. The van der Waals surface area contributed by atoms with Gasteiger partial charge in [-0.25, -0.2) is 0 Å². The molecule has 1 saturated heterocycles. The molecule has 0 bridgehead atoms. The Labute approximate surface area is 140 Å². The zero-order valence-electron chi connectivity index (χ0n) is 15.5. The van der Waals surface area contributed by atoms with Gasteiger partial charge in [0.1, 0.15) is 5.60 Å². The van der Waals surface area contributed by atoms with Crippen LogP contribution in [0.1, 0.15) is 71.1 Å². The molecule has 0 aromatic heterocycles. The van der Waals surface area contributed by atoms with Gasteiger partial charge in [-0.2, -0.15) is 0 Å². The van der Waals surface area contributed by atoms with E-state index in [2.05, 4.69) is 59.7 Å². The van der Waals surface area contributed by atoms with Crippen molar-refractivity contribution in [3.8, 4) is 0 Å². The Hall–Kier alpha value is -0.900. The lowest BCUT2D eigenvalue weighted by Gasteiger charge is -2.64. The molecule has 1 aliphatic carbocycles. The summed E-state index contributed by atoms with van der Waals surface area (Å²) in [5, 5.41) is 11.8. The molecule has 0 unspecified atom stereocenters.